The van der Waals surface area contributed by atoms with Crippen molar-refractivity contribution in [3.63, 3.8) is 0 Å². The third kappa shape index (κ3) is 2.81. The van der Waals surface area contributed by atoms with Crippen molar-refractivity contribution in [1.82, 2.24) is 4.90 Å². The minimum absolute atomic E-state index is 0.361. The van der Waals surface area contributed by atoms with Crippen LogP contribution in [0, 0.1) is 0 Å². The van der Waals surface area contributed by atoms with Crippen molar-refractivity contribution < 1.29 is 4.74 Å². The molecule has 0 aromatic carbocycles. The molecule has 1 fully saturated rings. The zero-order chi connectivity index (χ0) is 10.8. The highest BCUT2D eigenvalue weighted by molar-refractivity contribution is 9.10. The molecular formula is C11H16BrNOS. The summed E-state index contributed by atoms with van der Waals surface area (Å²) in [5, 5.41) is 2.13. The molecule has 0 aliphatic carbocycles. The molecule has 1 aromatic heterocycles. The van der Waals surface area contributed by atoms with E-state index < -0.39 is 0 Å². The smallest absolute Gasteiger partial charge is 0.0674 e. The first-order valence-corrected chi connectivity index (χ1v) is 6.91. The fourth-order valence-electron chi connectivity index (χ4n) is 1.81. The largest absolute Gasteiger partial charge is 0.376 e. The second kappa shape index (κ2) is 4.95. The zero-order valence-corrected chi connectivity index (χ0v) is 11.5. The first-order chi connectivity index (χ1) is 7.16. The van der Waals surface area contributed by atoms with Gasteiger partial charge in [0.25, 0.3) is 0 Å². The van der Waals surface area contributed by atoms with E-state index in [1.807, 2.05) is 11.3 Å². The Morgan fingerprint density at radius 1 is 1.60 bits per heavy atom. The van der Waals surface area contributed by atoms with Gasteiger partial charge in [0, 0.05) is 28.5 Å². The molecule has 1 saturated heterocycles. The van der Waals surface area contributed by atoms with E-state index in [1.165, 1.54) is 9.35 Å². The van der Waals surface area contributed by atoms with Crippen molar-refractivity contribution in [2.45, 2.75) is 32.5 Å². The van der Waals surface area contributed by atoms with Crippen LogP contribution in [0.4, 0.5) is 0 Å². The lowest BCUT2D eigenvalue weighted by Gasteiger charge is -2.36. The van der Waals surface area contributed by atoms with E-state index in [0.717, 1.165) is 19.7 Å². The molecule has 0 N–H and O–H groups in total. The average molecular weight is 290 g/mol. The summed E-state index contributed by atoms with van der Waals surface area (Å²) in [7, 11) is 0. The van der Waals surface area contributed by atoms with E-state index in [1.54, 1.807) is 0 Å². The van der Waals surface area contributed by atoms with Gasteiger partial charge in [-0.3, -0.25) is 4.90 Å². The molecule has 0 spiro atoms. The molecule has 2 heterocycles. The minimum atomic E-state index is 0.361. The standard InChI is InChI=1S/C11H16BrNOS/c1-8-7-14-9(2)5-13(8)6-11-10(12)3-4-15-11/h3-4,8-9H,5-7H2,1-2H3. The Labute approximate surface area is 103 Å². The van der Waals surface area contributed by atoms with E-state index in [4.69, 9.17) is 4.74 Å². The van der Waals surface area contributed by atoms with Gasteiger partial charge in [0.15, 0.2) is 0 Å². The van der Waals surface area contributed by atoms with Crippen molar-refractivity contribution in [2.75, 3.05) is 13.2 Å². The van der Waals surface area contributed by atoms with Crippen LogP contribution in [0.25, 0.3) is 0 Å². The quantitative estimate of drug-likeness (QED) is 0.830. The highest BCUT2D eigenvalue weighted by atomic mass is 79.9. The number of rotatable bonds is 2. The number of nitrogens with zero attached hydrogens (tertiary/aromatic N) is 1. The van der Waals surface area contributed by atoms with E-state index in [-0.39, 0.29) is 0 Å². The predicted octanol–water partition coefficient (Wildman–Crippen LogP) is 3.12. The highest BCUT2D eigenvalue weighted by Gasteiger charge is 2.23. The van der Waals surface area contributed by atoms with Crippen LogP contribution in [0.5, 0.6) is 0 Å². The number of hydrogen-bond donors (Lipinski definition) is 0. The molecular weight excluding hydrogens is 274 g/mol. The van der Waals surface area contributed by atoms with Crippen molar-refractivity contribution in [3.8, 4) is 0 Å². The first kappa shape index (κ1) is 11.6. The van der Waals surface area contributed by atoms with Crippen molar-refractivity contribution in [1.29, 1.82) is 0 Å². The van der Waals surface area contributed by atoms with Gasteiger partial charge in [0.05, 0.1) is 12.7 Å². The van der Waals surface area contributed by atoms with Crippen LogP contribution < -0.4 is 0 Å². The zero-order valence-electron chi connectivity index (χ0n) is 9.07. The van der Waals surface area contributed by atoms with Crippen LogP contribution in [0.1, 0.15) is 18.7 Å². The Balaban J connectivity index is 2.01. The van der Waals surface area contributed by atoms with Gasteiger partial charge in [-0.15, -0.1) is 11.3 Å². The van der Waals surface area contributed by atoms with Gasteiger partial charge in [-0.25, -0.2) is 0 Å². The molecule has 0 saturated carbocycles. The summed E-state index contributed by atoms with van der Waals surface area (Å²) in [6.07, 6.45) is 0.361. The van der Waals surface area contributed by atoms with Crippen LogP contribution in [0.2, 0.25) is 0 Å². The van der Waals surface area contributed by atoms with Crippen LogP contribution >= 0.6 is 27.3 Å². The lowest BCUT2D eigenvalue weighted by molar-refractivity contribution is -0.0523. The summed E-state index contributed by atoms with van der Waals surface area (Å²) < 4.78 is 6.85. The Bertz CT molecular complexity index is 328. The van der Waals surface area contributed by atoms with Gasteiger partial charge in [0.2, 0.25) is 0 Å². The van der Waals surface area contributed by atoms with Crippen LogP contribution in [0.15, 0.2) is 15.9 Å². The number of halogens is 1. The number of thiophene rings is 1. The van der Waals surface area contributed by atoms with Gasteiger partial charge < -0.3 is 4.74 Å². The molecule has 2 atom stereocenters. The van der Waals surface area contributed by atoms with E-state index in [2.05, 4.69) is 46.1 Å². The molecule has 2 nitrogen and oxygen atoms in total. The molecule has 2 unspecified atom stereocenters. The van der Waals surface area contributed by atoms with Crippen LogP contribution in [-0.2, 0) is 11.3 Å². The summed E-state index contributed by atoms with van der Waals surface area (Å²) in [5.41, 5.74) is 0. The Morgan fingerprint density at radius 2 is 2.40 bits per heavy atom. The summed E-state index contributed by atoms with van der Waals surface area (Å²) in [5.74, 6) is 0. The van der Waals surface area contributed by atoms with Gasteiger partial charge >= 0.3 is 0 Å². The van der Waals surface area contributed by atoms with Gasteiger partial charge in [0.1, 0.15) is 0 Å². The number of morpholine rings is 1. The Kier molecular flexibility index (Phi) is 3.83. The fourth-order valence-corrected chi connectivity index (χ4v) is 3.32. The third-order valence-corrected chi connectivity index (χ3v) is 4.69. The van der Waals surface area contributed by atoms with Gasteiger partial charge in [-0.05, 0) is 41.2 Å². The van der Waals surface area contributed by atoms with Gasteiger partial charge in [-0.2, -0.15) is 0 Å². The first-order valence-electron chi connectivity index (χ1n) is 5.24. The molecule has 4 heteroatoms. The molecule has 1 aromatic rings. The summed E-state index contributed by atoms with van der Waals surface area (Å²) in [6, 6.07) is 2.64. The summed E-state index contributed by atoms with van der Waals surface area (Å²) >= 11 is 5.40. The molecule has 0 bridgehead atoms. The van der Waals surface area contributed by atoms with Crippen LogP contribution in [0.3, 0.4) is 0 Å². The average Bonchev–Trinajstić information content (AvgIpc) is 2.58. The highest BCUT2D eigenvalue weighted by Crippen LogP contribution is 2.26. The predicted molar refractivity (Wildman–Crippen MR) is 67.3 cm³/mol. The maximum atomic E-state index is 5.62. The minimum Gasteiger partial charge on any atom is -0.376 e. The molecule has 0 radical (unpaired) electrons. The molecule has 2 rings (SSSR count). The monoisotopic (exact) mass is 289 g/mol. The molecule has 84 valence electrons. The second-order valence-electron chi connectivity index (χ2n) is 4.11. The number of hydrogen-bond acceptors (Lipinski definition) is 3. The van der Waals surface area contributed by atoms with E-state index in [9.17, 15) is 0 Å². The maximum absolute atomic E-state index is 5.62. The van der Waals surface area contributed by atoms with E-state index in [0.29, 0.717) is 12.1 Å². The van der Waals surface area contributed by atoms with Crippen LogP contribution in [-0.4, -0.2) is 30.2 Å². The molecule has 1 aliphatic heterocycles. The Hall–Kier alpha value is 0.1000. The van der Waals surface area contributed by atoms with E-state index >= 15 is 0 Å². The summed E-state index contributed by atoms with van der Waals surface area (Å²) in [4.78, 5) is 3.90. The fraction of sp³-hybridized carbons (Fsp3) is 0.636. The normalized spacial score (nSPS) is 28.2. The maximum Gasteiger partial charge on any atom is 0.0674 e. The number of ether oxygens (including phenoxy) is 1. The van der Waals surface area contributed by atoms with Gasteiger partial charge in [-0.1, -0.05) is 0 Å². The Morgan fingerprint density at radius 3 is 3.07 bits per heavy atom. The molecule has 15 heavy (non-hydrogen) atoms. The summed E-state index contributed by atoms with van der Waals surface area (Å²) in [6.45, 7) is 7.29. The topological polar surface area (TPSA) is 12.5 Å². The van der Waals surface area contributed by atoms with Crippen molar-refractivity contribution >= 4 is 27.3 Å². The molecule has 0 amide bonds. The van der Waals surface area contributed by atoms with Crippen molar-refractivity contribution in [2.24, 2.45) is 0 Å². The third-order valence-electron chi connectivity index (χ3n) is 2.77. The second-order valence-corrected chi connectivity index (χ2v) is 5.97. The van der Waals surface area contributed by atoms with Crippen molar-refractivity contribution in [3.05, 3.63) is 20.8 Å². The SMILES string of the molecule is CC1CN(Cc2sccc2Br)C(C)CO1. The lowest BCUT2D eigenvalue weighted by atomic mass is 10.2. The molecule has 1 aliphatic rings. The lowest BCUT2D eigenvalue weighted by Crippen LogP contribution is -2.46.